The second kappa shape index (κ2) is 34.6. The van der Waals surface area contributed by atoms with Crippen molar-refractivity contribution >= 4 is 23.5 Å². The Bertz CT molecular complexity index is 1980. The number of allylic oxidation sites excluding steroid dienone is 19. The normalized spacial score (nSPS) is 17.6. The molecule has 390 valence electrons. The fraction of sp³-hybridized carbons (Fsp3) is 0.600. The average Bonchev–Trinajstić information content (AvgIpc) is 3.28. The van der Waals surface area contributed by atoms with Gasteiger partial charge >= 0.3 is 0 Å². The molecule has 0 spiro atoms. The Morgan fingerprint density at radius 3 is 1.56 bits per heavy atom. The molecule has 0 aromatic rings. The third-order valence-electron chi connectivity index (χ3n) is 13.0. The Balaban J connectivity index is 1.89. The van der Waals surface area contributed by atoms with Gasteiger partial charge in [-0.05, 0) is 145 Å². The van der Waals surface area contributed by atoms with Gasteiger partial charge in [0.2, 0.25) is 17.7 Å². The molecule has 0 aromatic carbocycles. The van der Waals surface area contributed by atoms with Crippen molar-refractivity contribution < 1.29 is 33.4 Å². The van der Waals surface area contributed by atoms with Crippen LogP contribution in [0.5, 0.6) is 0 Å². The van der Waals surface area contributed by atoms with Gasteiger partial charge in [-0.1, -0.05) is 124 Å². The minimum atomic E-state index is -0.495. The highest BCUT2D eigenvalue weighted by Gasteiger charge is 2.27. The summed E-state index contributed by atoms with van der Waals surface area (Å²) in [5.41, 5.74) is 10.2. The molecule has 0 radical (unpaired) electrons. The van der Waals surface area contributed by atoms with Crippen LogP contribution in [0.1, 0.15) is 160 Å². The molecular weight excluding hydrogens is 875 g/mol. The largest absolute Gasteiger partial charge is 0.379 e. The van der Waals surface area contributed by atoms with Gasteiger partial charge in [-0.3, -0.25) is 19.2 Å². The van der Waals surface area contributed by atoms with E-state index in [2.05, 4.69) is 108 Å². The molecule has 70 heavy (non-hydrogen) atoms. The summed E-state index contributed by atoms with van der Waals surface area (Å²) in [5.74, 6) is -0.855. The average molecular weight is 968 g/mol. The van der Waals surface area contributed by atoms with Crippen molar-refractivity contribution in [2.24, 2.45) is 16.7 Å². The molecule has 0 saturated heterocycles. The van der Waals surface area contributed by atoms with Gasteiger partial charge in [0.05, 0.1) is 26.4 Å². The van der Waals surface area contributed by atoms with Crippen LogP contribution in [-0.2, 0) is 33.4 Å². The highest BCUT2D eigenvalue weighted by Crippen LogP contribution is 2.42. The van der Waals surface area contributed by atoms with Crippen LogP contribution in [-0.4, -0.2) is 82.8 Å². The Kier molecular flexibility index (Phi) is 30.4. The molecule has 0 bridgehead atoms. The lowest BCUT2D eigenvalue weighted by molar-refractivity contribution is -0.128. The van der Waals surface area contributed by atoms with E-state index in [0.29, 0.717) is 91.4 Å². The molecule has 0 aliphatic heterocycles. The smallest absolute Gasteiger partial charge is 0.244 e. The van der Waals surface area contributed by atoms with Gasteiger partial charge in [0.1, 0.15) is 0 Å². The summed E-state index contributed by atoms with van der Waals surface area (Å²) in [6, 6.07) is 0. The first kappa shape index (κ1) is 61.5. The van der Waals surface area contributed by atoms with Crippen LogP contribution in [0.25, 0.3) is 0 Å². The minimum Gasteiger partial charge on any atom is -0.379 e. The number of amides is 3. The van der Waals surface area contributed by atoms with Crippen LogP contribution in [0, 0.1) is 16.7 Å². The zero-order valence-electron chi connectivity index (χ0n) is 45.4. The molecule has 1 atom stereocenters. The van der Waals surface area contributed by atoms with Crippen LogP contribution in [0.15, 0.2) is 117 Å². The fourth-order valence-electron chi connectivity index (χ4n) is 8.83. The summed E-state index contributed by atoms with van der Waals surface area (Å²) in [5, 5.41) is 8.82. The lowest BCUT2D eigenvalue weighted by atomic mass is 9.72. The van der Waals surface area contributed by atoms with E-state index in [1.54, 1.807) is 12.2 Å². The predicted molar refractivity (Wildman–Crippen MR) is 290 cm³/mol. The molecule has 2 aliphatic carbocycles. The third-order valence-corrected chi connectivity index (χ3v) is 13.0. The molecule has 10 nitrogen and oxygen atoms in total. The van der Waals surface area contributed by atoms with Crippen molar-refractivity contribution in [2.45, 2.75) is 160 Å². The van der Waals surface area contributed by atoms with Crippen molar-refractivity contribution in [2.75, 3.05) is 59.3 Å². The molecule has 3 amide bonds. The molecule has 0 aromatic heterocycles. The van der Waals surface area contributed by atoms with E-state index in [0.717, 1.165) is 35.1 Å². The van der Waals surface area contributed by atoms with E-state index in [1.807, 2.05) is 45.1 Å². The maximum Gasteiger partial charge on any atom is 0.244 e. The number of hydrogen-bond donors (Lipinski definition) is 3. The van der Waals surface area contributed by atoms with Gasteiger partial charge in [0, 0.05) is 57.7 Å². The molecule has 2 rings (SSSR count). The lowest BCUT2D eigenvalue weighted by Gasteiger charge is -2.33. The Morgan fingerprint density at radius 2 is 1.06 bits per heavy atom. The van der Waals surface area contributed by atoms with Crippen LogP contribution in [0.3, 0.4) is 0 Å². The number of rotatable bonds is 33. The lowest BCUT2D eigenvalue weighted by Crippen LogP contribution is -2.33. The van der Waals surface area contributed by atoms with E-state index in [4.69, 9.17) is 14.2 Å². The first-order valence-electron chi connectivity index (χ1n) is 26.3. The molecule has 0 fully saturated rings. The highest BCUT2D eigenvalue weighted by atomic mass is 16.5. The van der Waals surface area contributed by atoms with Crippen LogP contribution < -0.4 is 16.0 Å². The number of unbranched alkanes of at least 4 members (excludes halogenated alkanes) is 1. The highest BCUT2D eigenvalue weighted by molar-refractivity contribution is 5.94. The first-order chi connectivity index (χ1) is 33.3. The van der Waals surface area contributed by atoms with Crippen LogP contribution >= 0.6 is 0 Å². The quantitative estimate of drug-likeness (QED) is 0.0339. The molecule has 0 saturated carbocycles. The second-order valence-corrected chi connectivity index (χ2v) is 20.5. The summed E-state index contributed by atoms with van der Waals surface area (Å²) in [4.78, 5) is 50.8. The van der Waals surface area contributed by atoms with E-state index >= 15 is 0 Å². The van der Waals surface area contributed by atoms with Crippen molar-refractivity contribution in [1.82, 2.24) is 16.0 Å². The van der Waals surface area contributed by atoms with E-state index in [1.165, 1.54) is 54.4 Å². The van der Waals surface area contributed by atoms with Gasteiger partial charge in [-0.2, -0.15) is 0 Å². The van der Waals surface area contributed by atoms with Crippen molar-refractivity contribution in [3.63, 3.8) is 0 Å². The molecule has 3 N–H and O–H groups in total. The zero-order valence-corrected chi connectivity index (χ0v) is 45.4. The van der Waals surface area contributed by atoms with Gasteiger partial charge < -0.3 is 30.2 Å². The molecule has 0 unspecified atom stereocenters. The monoisotopic (exact) mass is 968 g/mol. The topological polar surface area (TPSA) is 132 Å². The van der Waals surface area contributed by atoms with Crippen molar-refractivity contribution in [3.05, 3.63) is 117 Å². The number of carbonyl (C=O) groups is 4. The van der Waals surface area contributed by atoms with E-state index in [-0.39, 0.29) is 40.8 Å². The van der Waals surface area contributed by atoms with Crippen molar-refractivity contribution in [3.8, 4) is 0 Å². The Hall–Kier alpha value is -4.64. The molecule has 2 aliphatic rings. The number of ketones is 1. The summed E-state index contributed by atoms with van der Waals surface area (Å²) >= 11 is 0. The molecule has 10 heteroatoms. The number of ether oxygens (including phenoxy) is 3. The summed E-state index contributed by atoms with van der Waals surface area (Å²) in [6.45, 7) is 28.0. The Morgan fingerprint density at radius 1 is 0.586 bits per heavy atom. The molecular formula is C60H93N3O7. The van der Waals surface area contributed by atoms with Gasteiger partial charge in [0.15, 0.2) is 5.78 Å². The number of nitrogens with one attached hydrogen (secondary N) is 3. The summed E-state index contributed by atoms with van der Waals surface area (Å²) < 4.78 is 16.8. The predicted octanol–water partition coefficient (Wildman–Crippen LogP) is 12.4. The first-order valence-corrected chi connectivity index (χ1v) is 26.3. The third kappa shape index (κ3) is 27.1. The van der Waals surface area contributed by atoms with E-state index in [9.17, 15) is 19.2 Å². The van der Waals surface area contributed by atoms with Gasteiger partial charge in [-0.25, -0.2) is 0 Å². The Labute approximate surface area is 424 Å². The summed E-state index contributed by atoms with van der Waals surface area (Å²) in [7, 11) is 0. The molecule has 0 heterocycles. The standard InChI is InChI=1S/C60H93N3O7/c1-12-56(65)61-35-19-37-68-39-41-70-42-40-69-38-20-36-63-58(67)52(45-53(64)43-48(4)23-15-21-46(2)28-30-54-50(6)25-17-32-59(54,8)9)27-13-14-34-62-57(66)44-49(5)24-16-22-47(3)29-31-55-51(7)26-18-33-60(55,10)11/h15-16,21-24,28-31,43-44,52H,12-14,17-20,25-27,32-42,45H2,1-11H3,(H,61,65)(H,62,66)(H,63,67)/b23-15+,24-16+,30-28+,31-29+,46-21+,47-22+,48-43+,49-44+/t52-/m1/s1. The zero-order chi connectivity index (χ0) is 51.8. The second-order valence-electron chi connectivity index (χ2n) is 20.5. The van der Waals surface area contributed by atoms with Gasteiger partial charge in [-0.15, -0.1) is 0 Å². The van der Waals surface area contributed by atoms with Gasteiger partial charge in [0.25, 0.3) is 0 Å². The minimum absolute atomic E-state index is 0.0439. The maximum atomic E-state index is 13.5. The van der Waals surface area contributed by atoms with Crippen molar-refractivity contribution in [1.29, 1.82) is 0 Å². The SMILES string of the molecule is CCC(=O)NCCCOCCOCCOCCCNC(=O)[C@H](CCCCNC(=O)/C=C(C)/C=C/C=C(C)/C=C/C1=C(C)CCCC1(C)C)CC(=O)/C=C(C)/C=C/C=C(C)/C=C/C1=C(C)CCCC1(C)C. The fourth-order valence-corrected chi connectivity index (χ4v) is 8.83. The maximum absolute atomic E-state index is 13.5. The number of hydrogen-bond acceptors (Lipinski definition) is 7. The van der Waals surface area contributed by atoms with Crippen LogP contribution in [0.4, 0.5) is 0 Å². The van der Waals surface area contributed by atoms with E-state index < -0.39 is 5.92 Å². The summed E-state index contributed by atoms with van der Waals surface area (Å²) in [6.07, 6.45) is 35.1. The van der Waals surface area contributed by atoms with Crippen LogP contribution in [0.2, 0.25) is 0 Å². The number of carbonyl (C=O) groups excluding carboxylic acids is 4.